The SMILES string of the molecule is CCOC(=O)C(=O)c1cccc2c1OC(C)C2. The molecule has 1 heterocycles. The van der Waals surface area contributed by atoms with Gasteiger partial charge in [-0.3, -0.25) is 4.79 Å². The second-order valence-corrected chi connectivity index (χ2v) is 3.98. The van der Waals surface area contributed by atoms with Gasteiger partial charge in [-0.05, 0) is 25.5 Å². The highest BCUT2D eigenvalue weighted by Gasteiger charge is 2.28. The third-order valence-corrected chi connectivity index (χ3v) is 2.63. The Balaban J connectivity index is 2.32. The van der Waals surface area contributed by atoms with Gasteiger partial charge < -0.3 is 9.47 Å². The normalized spacial score (nSPS) is 17.2. The molecule has 1 unspecified atom stereocenters. The van der Waals surface area contributed by atoms with Gasteiger partial charge in [0.2, 0.25) is 0 Å². The van der Waals surface area contributed by atoms with Gasteiger partial charge in [0.25, 0.3) is 5.78 Å². The number of para-hydroxylation sites is 1. The Morgan fingerprint density at radius 3 is 2.94 bits per heavy atom. The van der Waals surface area contributed by atoms with Crippen molar-refractivity contribution in [3.63, 3.8) is 0 Å². The highest BCUT2D eigenvalue weighted by molar-refractivity contribution is 6.41. The molecule has 0 amide bonds. The van der Waals surface area contributed by atoms with Crippen LogP contribution >= 0.6 is 0 Å². The minimum atomic E-state index is -0.830. The zero-order valence-corrected chi connectivity index (χ0v) is 9.86. The van der Waals surface area contributed by atoms with Crippen LogP contribution in [0.4, 0.5) is 0 Å². The highest BCUT2D eigenvalue weighted by atomic mass is 16.5. The molecule has 1 aliphatic rings. The van der Waals surface area contributed by atoms with Gasteiger partial charge in [-0.2, -0.15) is 0 Å². The lowest BCUT2D eigenvalue weighted by Crippen LogP contribution is -2.18. The van der Waals surface area contributed by atoms with Gasteiger partial charge in [0, 0.05) is 6.42 Å². The molecule has 0 bridgehead atoms. The maximum absolute atomic E-state index is 11.8. The fourth-order valence-electron chi connectivity index (χ4n) is 1.92. The summed E-state index contributed by atoms with van der Waals surface area (Å²) in [6.07, 6.45) is 0.806. The van der Waals surface area contributed by atoms with E-state index in [2.05, 4.69) is 0 Å². The quantitative estimate of drug-likeness (QED) is 0.454. The number of carbonyl (C=O) groups excluding carboxylic acids is 2. The summed E-state index contributed by atoms with van der Waals surface area (Å²) >= 11 is 0. The summed E-state index contributed by atoms with van der Waals surface area (Å²) in [6, 6.07) is 5.25. The number of carbonyl (C=O) groups is 2. The van der Waals surface area contributed by atoms with E-state index in [1.54, 1.807) is 19.1 Å². The second kappa shape index (κ2) is 4.57. The van der Waals surface area contributed by atoms with E-state index < -0.39 is 11.8 Å². The summed E-state index contributed by atoms with van der Waals surface area (Å²) in [7, 11) is 0. The van der Waals surface area contributed by atoms with Crippen LogP contribution in [0.25, 0.3) is 0 Å². The monoisotopic (exact) mass is 234 g/mol. The van der Waals surface area contributed by atoms with Crippen molar-refractivity contribution in [2.24, 2.45) is 0 Å². The zero-order chi connectivity index (χ0) is 12.4. The summed E-state index contributed by atoms with van der Waals surface area (Å²) in [6.45, 7) is 3.79. The van der Waals surface area contributed by atoms with Crippen LogP contribution < -0.4 is 4.74 Å². The predicted molar refractivity (Wildman–Crippen MR) is 61.2 cm³/mol. The van der Waals surface area contributed by atoms with Crippen LogP contribution in [0.1, 0.15) is 29.8 Å². The number of Topliss-reactive ketones (excluding diaryl/α,β-unsaturated/α-hetero) is 1. The van der Waals surface area contributed by atoms with E-state index in [-0.39, 0.29) is 12.7 Å². The number of ketones is 1. The molecule has 0 N–H and O–H groups in total. The van der Waals surface area contributed by atoms with Gasteiger partial charge >= 0.3 is 5.97 Å². The molecule has 0 saturated carbocycles. The molecule has 1 aliphatic heterocycles. The molecule has 0 fully saturated rings. The maximum atomic E-state index is 11.8. The van der Waals surface area contributed by atoms with Crippen LogP contribution in [0.15, 0.2) is 18.2 Å². The van der Waals surface area contributed by atoms with Gasteiger partial charge in [-0.25, -0.2) is 4.79 Å². The van der Waals surface area contributed by atoms with Crippen molar-refractivity contribution in [2.45, 2.75) is 26.4 Å². The molecule has 0 aromatic heterocycles. The van der Waals surface area contributed by atoms with Crippen LogP contribution in [-0.2, 0) is 16.0 Å². The molecule has 0 spiro atoms. The van der Waals surface area contributed by atoms with Crippen molar-refractivity contribution in [1.29, 1.82) is 0 Å². The molecular formula is C13H14O4. The highest BCUT2D eigenvalue weighted by Crippen LogP contribution is 2.32. The Labute approximate surface area is 99.5 Å². The molecule has 0 aliphatic carbocycles. The van der Waals surface area contributed by atoms with Crippen LogP contribution in [0.3, 0.4) is 0 Å². The summed E-state index contributed by atoms with van der Waals surface area (Å²) in [4.78, 5) is 23.2. The zero-order valence-electron chi connectivity index (χ0n) is 9.86. The first-order chi connectivity index (χ1) is 8.13. The number of benzene rings is 1. The topological polar surface area (TPSA) is 52.6 Å². The first kappa shape index (κ1) is 11.6. The van der Waals surface area contributed by atoms with Crippen molar-refractivity contribution in [2.75, 3.05) is 6.61 Å². The largest absolute Gasteiger partial charge is 0.489 e. The fourth-order valence-corrected chi connectivity index (χ4v) is 1.92. The molecule has 0 radical (unpaired) electrons. The minimum absolute atomic E-state index is 0.0427. The van der Waals surface area contributed by atoms with Crippen molar-refractivity contribution >= 4 is 11.8 Å². The minimum Gasteiger partial charge on any atom is -0.489 e. The van der Waals surface area contributed by atoms with E-state index in [4.69, 9.17) is 9.47 Å². The van der Waals surface area contributed by atoms with Crippen LogP contribution in [0.2, 0.25) is 0 Å². The first-order valence-corrected chi connectivity index (χ1v) is 5.63. The third kappa shape index (κ3) is 2.16. The summed E-state index contributed by atoms with van der Waals surface area (Å²) in [5.41, 5.74) is 1.26. The molecule has 4 nitrogen and oxygen atoms in total. The Morgan fingerprint density at radius 2 is 2.24 bits per heavy atom. The molecule has 2 rings (SSSR count). The van der Waals surface area contributed by atoms with Crippen molar-refractivity contribution < 1.29 is 19.1 Å². The van der Waals surface area contributed by atoms with E-state index in [1.165, 1.54) is 0 Å². The molecule has 90 valence electrons. The Bertz CT molecular complexity index is 464. The van der Waals surface area contributed by atoms with Gasteiger partial charge in [-0.1, -0.05) is 12.1 Å². The predicted octanol–water partition coefficient (Wildman–Crippen LogP) is 1.76. The Hall–Kier alpha value is -1.84. The molecule has 17 heavy (non-hydrogen) atoms. The standard InChI is InChI=1S/C13H14O4/c1-3-16-13(15)11(14)10-6-4-5-9-7-8(2)17-12(9)10/h4-6,8H,3,7H2,1-2H3. The van der Waals surface area contributed by atoms with E-state index in [0.29, 0.717) is 11.3 Å². The second-order valence-electron chi connectivity index (χ2n) is 3.98. The summed E-state index contributed by atoms with van der Waals surface area (Å²) < 4.78 is 10.3. The number of rotatable bonds is 3. The van der Waals surface area contributed by atoms with Gasteiger partial charge in [0.1, 0.15) is 11.9 Å². The molecule has 1 atom stereocenters. The molecule has 1 aromatic rings. The third-order valence-electron chi connectivity index (χ3n) is 2.63. The average Bonchev–Trinajstić information content (AvgIpc) is 2.68. The van der Waals surface area contributed by atoms with Crippen LogP contribution in [-0.4, -0.2) is 24.5 Å². The van der Waals surface area contributed by atoms with Crippen LogP contribution in [0, 0.1) is 0 Å². The van der Waals surface area contributed by atoms with E-state index in [9.17, 15) is 9.59 Å². The van der Waals surface area contributed by atoms with E-state index in [1.807, 2.05) is 13.0 Å². The average molecular weight is 234 g/mol. The number of fused-ring (bicyclic) bond motifs is 1. The number of hydrogen-bond acceptors (Lipinski definition) is 4. The van der Waals surface area contributed by atoms with Crippen LogP contribution in [0.5, 0.6) is 5.75 Å². The van der Waals surface area contributed by atoms with E-state index in [0.717, 1.165) is 12.0 Å². The number of hydrogen-bond donors (Lipinski definition) is 0. The summed E-state index contributed by atoms with van der Waals surface area (Å²) in [5, 5.41) is 0. The fraction of sp³-hybridized carbons (Fsp3) is 0.385. The van der Waals surface area contributed by atoms with E-state index >= 15 is 0 Å². The first-order valence-electron chi connectivity index (χ1n) is 5.63. The van der Waals surface area contributed by atoms with Crippen molar-refractivity contribution in [1.82, 2.24) is 0 Å². The Morgan fingerprint density at radius 1 is 1.47 bits per heavy atom. The molecule has 0 saturated heterocycles. The Kier molecular flexibility index (Phi) is 3.13. The lowest BCUT2D eigenvalue weighted by molar-refractivity contribution is -0.137. The maximum Gasteiger partial charge on any atom is 0.379 e. The molecule has 4 heteroatoms. The van der Waals surface area contributed by atoms with Crippen molar-refractivity contribution in [3.8, 4) is 5.75 Å². The summed E-state index contributed by atoms with van der Waals surface area (Å²) in [5.74, 6) is -0.945. The smallest absolute Gasteiger partial charge is 0.379 e. The number of ether oxygens (including phenoxy) is 2. The van der Waals surface area contributed by atoms with Gasteiger partial charge in [-0.15, -0.1) is 0 Å². The lowest BCUT2D eigenvalue weighted by Gasteiger charge is -2.07. The molecule has 1 aromatic carbocycles. The number of esters is 1. The van der Waals surface area contributed by atoms with Gasteiger partial charge in [0.15, 0.2) is 0 Å². The molecular weight excluding hydrogens is 220 g/mol. The van der Waals surface area contributed by atoms with Gasteiger partial charge in [0.05, 0.1) is 12.2 Å². The van der Waals surface area contributed by atoms with Crippen molar-refractivity contribution in [3.05, 3.63) is 29.3 Å². The lowest BCUT2D eigenvalue weighted by atomic mass is 10.0.